The Hall–Kier alpha value is -2.50. The van der Waals surface area contributed by atoms with Crippen molar-refractivity contribution in [2.75, 3.05) is 0 Å². The van der Waals surface area contributed by atoms with E-state index < -0.39 is 0 Å². The summed E-state index contributed by atoms with van der Waals surface area (Å²) in [5.74, 6) is 0.676. The number of rotatable bonds is 4. The molecule has 0 unspecified atom stereocenters. The number of carbonyl (C=O) groups is 1. The van der Waals surface area contributed by atoms with E-state index in [4.69, 9.17) is 0 Å². The van der Waals surface area contributed by atoms with Crippen molar-refractivity contribution in [1.29, 1.82) is 0 Å². The Balaban J connectivity index is 1.99. The molecule has 0 aliphatic heterocycles. The number of aromatic amines is 1. The van der Waals surface area contributed by atoms with Crippen molar-refractivity contribution in [3.05, 3.63) is 42.0 Å². The number of nitrogens with zero attached hydrogens (tertiary/aromatic N) is 4. The smallest absolute Gasteiger partial charge is 0.192 e. The first-order valence-corrected chi connectivity index (χ1v) is 6.12. The Morgan fingerprint density at radius 3 is 2.95 bits per heavy atom. The zero-order valence-electron chi connectivity index (χ0n) is 10.5. The zero-order valence-corrected chi connectivity index (χ0v) is 10.5. The average molecular weight is 255 g/mol. The topological polar surface area (TPSA) is 76.5 Å². The Labute approximate surface area is 109 Å². The van der Waals surface area contributed by atoms with Gasteiger partial charge in [0.25, 0.3) is 0 Å². The molecular weight excluding hydrogens is 242 g/mol. The fraction of sp³-hybridized carbons (Fsp3) is 0.231. The lowest BCUT2D eigenvalue weighted by molar-refractivity contribution is 0.0985. The summed E-state index contributed by atoms with van der Waals surface area (Å²) in [7, 11) is 0. The van der Waals surface area contributed by atoms with Crippen LogP contribution in [0.5, 0.6) is 0 Å². The molecule has 0 atom stereocenters. The molecule has 0 aliphatic carbocycles. The number of Topliss-reactive ketones (excluding diaryl/α,β-unsaturated/α-hetero) is 1. The van der Waals surface area contributed by atoms with Gasteiger partial charge in [-0.05, 0) is 19.1 Å². The molecule has 0 spiro atoms. The highest BCUT2D eigenvalue weighted by atomic mass is 16.1. The largest absolute Gasteiger partial charge is 0.328 e. The minimum absolute atomic E-state index is 0.0845. The predicted molar refractivity (Wildman–Crippen MR) is 69.8 cm³/mol. The maximum Gasteiger partial charge on any atom is 0.192 e. The van der Waals surface area contributed by atoms with Crippen LogP contribution in [0.3, 0.4) is 0 Å². The van der Waals surface area contributed by atoms with E-state index in [9.17, 15) is 4.79 Å². The first-order chi connectivity index (χ1) is 9.29. The number of carbonyl (C=O) groups excluding carboxylic acids is 1. The molecule has 3 rings (SSSR count). The van der Waals surface area contributed by atoms with Crippen molar-refractivity contribution >= 4 is 16.8 Å². The van der Waals surface area contributed by atoms with Crippen molar-refractivity contribution in [2.45, 2.75) is 19.9 Å². The number of benzene rings is 1. The highest BCUT2D eigenvalue weighted by Gasteiger charge is 2.15. The number of hydrogen-bond acceptors (Lipinski definition) is 4. The first kappa shape index (κ1) is 11.6. The second kappa shape index (κ2) is 4.64. The third kappa shape index (κ3) is 2.01. The summed E-state index contributed by atoms with van der Waals surface area (Å²) in [5.41, 5.74) is 2.30. The summed E-state index contributed by atoms with van der Waals surface area (Å²) in [6.45, 7) is 2.82. The molecule has 0 fully saturated rings. The number of aromatic nitrogens is 5. The van der Waals surface area contributed by atoms with Gasteiger partial charge in [-0.25, -0.2) is 4.98 Å². The van der Waals surface area contributed by atoms with Crippen molar-refractivity contribution in [2.24, 2.45) is 0 Å². The summed E-state index contributed by atoms with van der Waals surface area (Å²) in [4.78, 5) is 16.6. The van der Waals surface area contributed by atoms with Crippen LogP contribution in [0, 0.1) is 0 Å². The molecule has 6 nitrogen and oxygen atoms in total. The van der Waals surface area contributed by atoms with Crippen LogP contribution in [0.2, 0.25) is 0 Å². The van der Waals surface area contributed by atoms with E-state index in [0.717, 1.165) is 23.4 Å². The van der Waals surface area contributed by atoms with E-state index in [1.165, 1.54) is 6.20 Å². The van der Waals surface area contributed by atoms with Crippen LogP contribution < -0.4 is 0 Å². The van der Waals surface area contributed by atoms with Crippen molar-refractivity contribution < 1.29 is 4.79 Å². The van der Waals surface area contributed by atoms with Crippen LogP contribution >= 0.6 is 0 Å². The van der Waals surface area contributed by atoms with Crippen molar-refractivity contribution in [3.63, 3.8) is 0 Å². The molecule has 0 amide bonds. The number of H-pyrrole nitrogens is 1. The minimum atomic E-state index is -0.0845. The molecule has 3 aromatic rings. The van der Waals surface area contributed by atoms with Gasteiger partial charge in [-0.1, -0.05) is 12.1 Å². The van der Waals surface area contributed by atoms with Crippen LogP contribution in [0.4, 0.5) is 0 Å². The molecule has 2 heterocycles. The molecule has 1 aromatic carbocycles. The summed E-state index contributed by atoms with van der Waals surface area (Å²) >= 11 is 0. The van der Waals surface area contributed by atoms with E-state index in [0.29, 0.717) is 5.69 Å². The number of imidazole rings is 1. The van der Waals surface area contributed by atoms with E-state index in [1.807, 2.05) is 35.8 Å². The quantitative estimate of drug-likeness (QED) is 0.718. The second-order valence-electron chi connectivity index (χ2n) is 4.22. The van der Waals surface area contributed by atoms with Gasteiger partial charge < -0.3 is 4.57 Å². The molecule has 1 N–H and O–H groups in total. The highest BCUT2D eigenvalue weighted by molar-refractivity contribution is 5.95. The predicted octanol–water partition coefficient (Wildman–Crippen LogP) is 1.60. The normalized spacial score (nSPS) is 11.0. The van der Waals surface area contributed by atoms with E-state index >= 15 is 0 Å². The summed E-state index contributed by atoms with van der Waals surface area (Å²) in [5, 5.41) is 9.89. The highest BCUT2D eigenvalue weighted by Crippen LogP contribution is 2.17. The van der Waals surface area contributed by atoms with E-state index in [-0.39, 0.29) is 12.2 Å². The zero-order chi connectivity index (χ0) is 13.2. The lowest BCUT2D eigenvalue weighted by Crippen LogP contribution is -2.10. The Morgan fingerprint density at radius 1 is 1.37 bits per heavy atom. The van der Waals surface area contributed by atoms with Gasteiger partial charge in [0.2, 0.25) is 0 Å². The van der Waals surface area contributed by atoms with Gasteiger partial charge in [-0.2, -0.15) is 15.4 Å². The van der Waals surface area contributed by atoms with Crippen LogP contribution in [0.1, 0.15) is 23.2 Å². The van der Waals surface area contributed by atoms with Crippen LogP contribution in [-0.4, -0.2) is 30.7 Å². The first-order valence-electron chi connectivity index (χ1n) is 6.12. The molecule has 6 heteroatoms. The van der Waals surface area contributed by atoms with Gasteiger partial charge in [0.15, 0.2) is 5.78 Å². The molecular formula is C13H13N5O. The van der Waals surface area contributed by atoms with E-state index in [1.54, 1.807) is 0 Å². The maximum atomic E-state index is 12.0. The van der Waals surface area contributed by atoms with Crippen LogP contribution in [0.15, 0.2) is 30.5 Å². The minimum Gasteiger partial charge on any atom is -0.328 e. The average Bonchev–Trinajstić information content (AvgIpc) is 3.05. The molecule has 0 aliphatic rings. The van der Waals surface area contributed by atoms with Gasteiger partial charge in [0.1, 0.15) is 11.5 Å². The summed E-state index contributed by atoms with van der Waals surface area (Å²) < 4.78 is 2.05. The van der Waals surface area contributed by atoms with E-state index in [2.05, 4.69) is 20.4 Å². The van der Waals surface area contributed by atoms with Gasteiger partial charge >= 0.3 is 0 Å². The van der Waals surface area contributed by atoms with Gasteiger partial charge in [0.05, 0.1) is 23.7 Å². The summed E-state index contributed by atoms with van der Waals surface area (Å²) in [6, 6.07) is 7.87. The Bertz CT molecular complexity index is 714. The van der Waals surface area contributed by atoms with Crippen molar-refractivity contribution in [1.82, 2.24) is 25.0 Å². The second-order valence-corrected chi connectivity index (χ2v) is 4.22. The molecule has 0 bridgehead atoms. The summed E-state index contributed by atoms with van der Waals surface area (Å²) in [6.07, 6.45) is 1.66. The number of para-hydroxylation sites is 2. The van der Waals surface area contributed by atoms with Crippen LogP contribution in [0.25, 0.3) is 11.0 Å². The van der Waals surface area contributed by atoms with Gasteiger partial charge in [0, 0.05) is 6.54 Å². The Kier molecular flexibility index (Phi) is 2.83. The monoisotopic (exact) mass is 255 g/mol. The third-order valence-electron chi connectivity index (χ3n) is 3.07. The molecule has 96 valence electrons. The number of ketones is 1. The van der Waals surface area contributed by atoms with Gasteiger partial charge in [-0.15, -0.1) is 0 Å². The Morgan fingerprint density at radius 2 is 2.21 bits per heavy atom. The number of nitrogens with one attached hydrogen (secondary N) is 1. The molecule has 0 radical (unpaired) electrons. The molecule has 2 aromatic heterocycles. The molecule has 0 saturated heterocycles. The maximum absolute atomic E-state index is 12.0. The number of hydrogen-bond donors (Lipinski definition) is 1. The standard InChI is InChI=1S/C13H13N5O/c1-2-18-11-6-4-3-5-9(11)15-13(18)7-12(19)10-8-14-17-16-10/h3-6,8H,2,7H2,1H3,(H,14,16,17). The number of aryl methyl sites for hydroxylation is 1. The SMILES string of the molecule is CCn1c(CC(=O)c2cn[nH]n2)nc2ccccc21. The lowest BCUT2D eigenvalue weighted by atomic mass is 10.2. The fourth-order valence-electron chi connectivity index (χ4n) is 2.18. The molecule has 0 saturated carbocycles. The number of fused-ring (bicyclic) bond motifs is 1. The third-order valence-corrected chi connectivity index (χ3v) is 3.07. The van der Waals surface area contributed by atoms with Gasteiger partial charge in [-0.3, -0.25) is 4.79 Å². The van der Waals surface area contributed by atoms with Crippen molar-refractivity contribution in [3.8, 4) is 0 Å². The fourth-order valence-corrected chi connectivity index (χ4v) is 2.18. The molecule has 19 heavy (non-hydrogen) atoms. The van der Waals surface area contributed by atoms with Crippen LogP contribution in [-0.2, 0) is 13.0 Å². The lowest BCUT2D eigenvalue weighted by Gasteiger charge is -2.04.